The Hall–Kier alpha value is -0.510. The first kappa shape index (κ1) is 11.0. The smallest absolute Gasteiger partial charge is 0.193 e. The molecule has 1 saturated heterocycles. The van der Waals surface area contributed by atoms with E-state index in [-0.39, 0.29) is 5.54 Å². The van der Waals surface area contributed by atoms with Gasteiger partial charge in [-0.3, -0.25) is 0 Å². The van der Waals surface area contributed by atoms with E-state index in [1.54, 1.807) is 13.2 Å². The first-order valence-electron chi connectivity index (χ1n) is 5.27. The normalized spacial score (nSPS) is 26.8. The Balaban J connectivity index is 2.24. The first-order valence-corrected chi connectivity index (χ1v) is 5.64. The third kappa shape index (κ3) is 2.19. The summed E-state index contributed by atoms with van der Waals surface area (Å²) in [5, 5.41) is 3.92. The largest absolute Gasteiger partial charge is 0.448 e. The van der Waals surface area contributed by atoms with Gasteiger partial charge in [0.05, 0.1) is 6.61 Å². The molecule has 0 aliphatic carbocycles. The Morgan fingerprint density at radius 3 is 2.93 bits per heavy atom. The molecular formula is C11H16ClNO2. The van der Waals surface area contributed by atoms with E-state index < -0.39 is 0 Å². The van der Waals surface area contributed by atoms with Gasteiger partial charge in [0.15, 0.2) is 5.22 Å². The molecule has 3 nitrogen and oxygen atoms in total. The fourth-order valence-electron chi connectivity index (χ4n) is 2.19. The van der Waals surface area contributed by atoms with Crippen molar-refractivity contribution in [3.63, 3.8) is 0 Å². The molecule has 1 fully saturated rings. The van der Waals surface area contributed by atoms with Crippen molar-refractivity contribution in [2.75, 3.05) is 20.3 Å². The molecular weight excluding hydrogens is 214 g/mol. The summed E-state index contributed by atoms with van der Waals surface area (Å²) in [6, 6.07) is 3.71. The van der Waals surface area contributed by atoms with E-state index in [4.69, 9.17) is 20.8 Å². The molecule has 15 heavy (non-hydrogen) atoms. The molecule has 84 valence electrons. The van der Waals surface area contributed by atoms with Gasteiger partial charge >= 0.3 is 0 Å². The SMILES string of the molecule is COCC1(c2ccc(Cl)o2)CCCCN1. The minimum Gasteiger partial charge on any atom is -0.448 e. The van der Waals surface area contributed by atoms with Gasteiger partial charge in [0.25, 0.3) is 0 Å². The van der Waals surface area contributed by atoms with Crippen molar-refractivity contribution in [1.82, 2.24) is 5.32 Å². The lowest BCUT2D eigenvalue weighted by molar-refractivity contribution is 0.0734. The summed E-state index contributed by atoms with van der Waals surface area (Å²) >= 11 is 5.81. The second-order valence-electron chi connectivity index (χ2n) is 4.00. The van der Waals surface area contributed by atoms with Crippen LogP contribution in [0.15, 0.2) is 16.5 Å². The Labute approximate surface area is 94.7 Å². The second kappa shape index (κ2) is 4.56. The first-order chi connectivity index (χ1) is 7.27. The number of halogens is 1. The average Bonchev–Trinajstić information content (AvgIpc) is 2.67. The fraction of sp³-hybridized carbons (Fsp3) is 0.636. The molecule has 0 spiro atoms. The van der Waals surface area contributed by atoms with Gasteiger partial charge in [0, 0.05) is 7.11 Å². The Bertz CT molecular complexity index is 313. The number of rotatable bonds is 3. The van der Waals surface area contributed by atoms with E-state index in [0.29, 0.717) is 11.8 Å². The van der Waals surface area contributed by atoms with Crippen LogP contribution >= 0.6 is 11.6 Å². The van der Waals surface area contributed by atoms with Gasteiger partial charge in [-0.1, -0.05) is 0 Å². The van der Waals surface area contributed by atoms with Crippen LogP contribution < -0.4 is 5.32 Å². The van der Waals surface area contributed by atoms with E-state index in [1.165, 1.54) is 12.8 Å². The van der Waals surface area contributed by atoms with E-state index in [2.05, 4.69) is 5.32 Å². The molecule has 1 unspecified atom stereocenters. The van der Waals surface area contributed by atoms with Crippen LogP contribution in [0, 0.1) is 0 Å². The number of piperidine rings is 1. The van der Waals surface area contributed by atoms with Crippen LogP contribution in [0.25, 0.3) is 0 Å². The van der Waals surface area contributed by atoms with Crippen molar-refractivity contribution in [1.29, 1.82) is 0 Å². The summed E-state index contributed by atoms with van der Waals surface area (Å²) in [5.74, 6) is 0.883. The van der Waals surface area contributed by atoms with Gasteiger partial charge in [-0.05, 0) is 49.5 Å². The Morgan fingerprint density at radius 2 is 2.40 bits per heavy atom. The number of methoxy groups -OCH3 is 1. The predicted molar refractivity (Wildman–Crippen MR) is 59.1 cm³/mol. The summed E-state index contributed by atoms with van der Waals surface area (Å²) in [4.78, 5) is 0. The van der Waals surface area contributed by atoms with Crippen LogP contribution in [0.4, 0.5) is 0 Å². The standard InChI is InChI=1S/C11H16ClNO2/c1-14-8-11(6-2-3-7-13-11)9-4-5-10(12)15-9/h4-5,13H,2-3,6-8H2,1H3. The van der Waals surface area contributed by atoms with Crippen LogP contribution in [0.3, 0.4) is 0 Å². The highest BCUT2D eigenvalue weighted by Gasteiger charge is 2.36. The molecule has 4 heteroatoms. The lowest BCUT2D eigenvalue weighted by Crippen LogP contribution is -2.48. The number of furan rings is 1. The zero-order valence-corrected chi connectivity index (χ0v) is 9.64. The van der Waals surface area contributed by atoms with Crippen LogP contribution in [0.1, 0.15) is 25.0 Å². The number of nitrogens with one attached hydrogen (secondary N) is 1. The molecule has 1 aromatic rings. The molecule has 1 atom stereocenters. The molecule has 1 aromatic heterocycles. The van der Waals surface area contributed by atoms with E-state index in [0.717, 1.165) is 18.7 Å². The van der Waals surface area contributed by atoms with Crippen LogP contribution in [-0.2, 0) is 10.3 Å². The minimum absolute atomic E-state index is 0.180. The van der Waals surface area contributed by atoms with Gasteiger partial charge in [-0.2, -0.15) is 0 Å². The monoisotopic (exact) mass is 229 g/mol. The number of hydrogen-bond acceptors (Lipinski definition) is 3. The van der Waals surface area contributed by atoms with Crippen LogP contribution in [-0.4, -0.2) is 20.3 Å². The quantitative estimate of drug-likeness (QED) is 0.865. The molecule has 0 amide bonds. The van der Waals surface area contributed by atoms with Crippen molar-refractivity contribution in [2.24, 2.45) is 0 Å². The van der Waals surface area contributed by atoms with E-state index in [9.17, 15) is 0 Å². The minimum atomic E-state index is -0.180. The number of ether oxygens (including phenoxy) is 1. The van der Waals surface area contributed by atoms with Crippen molar-refractivity contribution < 1.29 is 9.15 Å². The number of hydrogen-bond donors (Lipinski definition) is 1. The highest BCUT2D eigenvalue weighted by molar-refractivity contribution is 6.28. The maximum atomic E-state index is 5.81. The van der Waals surface area contributed by atoms with Crippen molar-refractivity contribution in [3.8, 4) is 0 Å². The molecule has 0 saturated carbocycles. The molecule has 1 N–H and O–H groups in total. The molecule has 0 radical (unpaired) electrons. The summed E-state index contributed by atoms with van der Waals surface area (Å²) in [7, 11) is 1.71. The zero-order chi connectivity index (χ0) is 10.7. The average molecular weight is 230 g/mol. The van der Waals surface area contributed by atoms with Gasteiger partial charge in [-0.15, -0.1) is 0 Å². The lowest BCUT2D eigenvalue weighted by Gasteiger charge is -2.36. The molecule has 1 aliphatic rings. The van der Waals surface area contributed by atoms with Crippen molar-refractivity contribution >= 4 is 11.6 Å². The molecule has 0 aromatic carbocycles. The zero-order valence-electron chi connectivity index (χ0n) is 8.88. The predicted octanol–water partition coefficient (Wildman–Crippen LogP) is 2.55. The molecule has 2 rings (SSSR count). The molecule has 1 aliphatic heterocycles. The Kier molecular flexibility index (Phi) is 3.34. The third-order valence-corrected chi connectivity index (χ3v) is 3.13. The highest BCUT2D eigenvalue weighted by atomic mass is 35.5. The fourth-order valence-corrected chi connectivity index (χ4v) is 2.34. The van der Waals surface area contributed by atoms with Crippen LogP contribution in [0.5, 0.6) is 0 Å². The topological polar surface area (TPSA) is 34.4 Å². The van der Waals surface area contributed by atoms with Crippen LogP contribution in [0.2, 0.25) is 5.22 Å². The molecule has 2 heterocycles. The summed E-state index contributed by atoms with van der Waals surface area (Å²) in [6.45, 7) is 1.62. The maximum absolute atomic E-state index is 5.81. The van der Waals surface area contributed by atoms with Gasteiger partial charge in [-0.25, -0.2) is 0 Å². The van der Waals surface area contributed by atoms with E-state index >= 15 is 0 Å². The summed E-state index contributed by atoms with van der Waals surface area (Å²) in [5.41, 5.74) is -0.180. The summed E-state index contributed by atoms with van der Waals surface area (Å²) < 4.78 is 10.8. The molecule has 0 bridgehead atoms. The summed E-state index contributed by atoms with van der Waals surface area (Å²) in [6.07, 6.45) is 3.43. The van der Waals surface area contributed by atoms with Crippen molar-refractivity contribution in [3.05, 3.63) is 23.1 Å². The lowest BCUT2D eigenvalue weighted by atomic mass is 9.87. The Morgan fingerprint density at radius 1 is 1.53 bits per heavy atom. The van der Waals surface area contributed by atoms with Gasteiger partial charge in [0.1, 0.15) is 11.3 Å². The van der Waals surface area contributed by atoms with E-state index in [1.807, 2.05) is 6.07 Å². The maximum Gasteiger partial charge on any atom is 0.193 e. The van der Waals surface area contributed by atoms with Crippen molar-refractivity contribution in [2.45, 2.75) is 24.8 Å². The highest BCUT2D eigenvalue weighted by Crippen LogP contribution is 2.32. The van der Waals surface area contributed by atoms with Gasteiger partial charge in [0.2, 0.25) is 0 Å². The van der Waals surface area contributed by atoms with Gasteiger partial charge < -0.3 is 14.5 Å². The third-order valence-electron chi connectivity index (χ3n) is 2.93. The second-order valence-corrected chi connectivity index (χ2v) is 4.38.